The van der Waals surface area contributed by atoms with Gasteiger partial charge in [-0.3, -0.25) is 0 Å². The van der Waals surface area contributed by atoms with Crippen LogP contribution in [0.3, 0.4) is 0 Å². The van der Waals surface area contributed by atoms with Crippen LogP contribution in [-0.4, -0.2) is 107 Å². The molecule has 1 aliphatic carbocycles. The maximum atomic E-state index is 11.5. The first-order valence-electron chi connectivity index (χ1n) is 25.6. The van der Waals surface area contributed by atoms with Crippen molar-refractivity contribution < 1.29 is 18.3 Å². The van der Waals surface area contributed by atoms with Crippen LogP contribution < -0.4 is 16.0 Å². The third kappa shape index (κ3) is 12.5. The first-order chi connectivity index (χ1) is 36.0. The highest BCUT2D eigenvalue weighted by Gasteiger charge is 2.24. The molecule has 0 radical (unpaired) electrons. The SMILES string of the molecule is Cc1cccc(-c2cnn3ccc(NC4CCC(CO)CC4)nc23)c1.Cc1cccc(-c2cnn3ccc(NCC4CCS(=O)(=O)CC4)nc23)c1.Clc1cccc(-c2cnn3ccc(NC4CCOCC4)nc23)c1. The number of anilines is 3. The lowest BCUT2D eigenvalue weighted by Crippen LogP contribution is -2.28. The van der Waals surface area contributed by atoms with Crippen molar-refractivity contribution in [1.29, 1.82) is 0 Å². The molecule has 3 fully saturated rings. The Hall–Kier alpha value is -6.92. The van der Waals surface area contributed by atoms with Crippen molar-refractivity contribution in [1.82, 2.24) is 43.8 Å². The highest BCUT2D eigenvalue weighted by molar-refractivity contribution is 7.91. The van der Waals surface area contributed by atoms with Crippen molar-refractivity contribution in [3.63, 3.8) is 0 Å². The van der Waals surface area contributed by atoms with Crippen molar-refractivity contribution in [2.24, 2.45) is 11.8 Å². The Morgan fingerprint density at radius 1 is 0.581 bits per heavy atom. The summed E-state index contributed by atoms with van der Waals surface area (Å²) in [7, 11) is -2.81. The Kier molecular flexibility index (Phi) is 15.8. The van der Waals surface area contributed by atoms with Crippen molar-refractivity contribution in [2.75, 3.05) is 53.8 Å². The van der Waals surface area contributed by atoms with Gasteiger partial charge in [0.15, 0.2) is 16.9 Å². The van der Waals surface area contributed by atoms with Gasteiger partial charge in [-0.05, 0) is 124 Å². The molecule has 4 N–H and O–H groups in total. The predicted molar refractivity (Wildman–Crippen MR) is 294 cm³/mol. The molecule has 0 atom stereocenters. The standard InChI is InChI=1S/C20H24N4O.C19H22N4O2S.C17H17ClN4O/c1-14-3-2-4-16(11-14)18-12-21-24-10-9-19(23-20(18)24)22-17-7-5-15(13-25)6-8-17;1-14-3-2-4-16(11-14)17-13-21-23-8-5-18(22-19(17)23)20-12-15-6-9-26(24,25)10-7-15;18-13-3-1-2-12(10-13)15-11-19-22-7-4-16(21-17(15)22)20-14-5-8-23-9-6-14/h2-4,9-12,15,17,25H,5-8,13H2,1H3,(H,22,23);2-5,8,11,13,15H,6-7,9-10,12H2,1H3,(H,20,22);1-4,7,10-11,14H,5-6,8-9H2,(H,20,21). The van der Waals surface area contributed by atoms with Crippen LogP contribution in [0.4, 0.5) is 17.5 Å². The number of aromatic nitrogens is 9. The van der Waals surface area contributed by atoms with Gasteiger partial charge in [-0.15, -0.1) is 0 Å². The lowest BCUT2D eigenvalue weighted by Gasteiger charge is -2.28. The van der Waals surface area contributed by atoms with E-state index >= 15 is 0 Å². The largest absolute Gasteiger partial charge is 0.396 e. The Labute approximate surface area is 436 Å². The highest BCUT2D eigenvalue weighted by Crippen LogP contribution is 2.30. The van der Waals surface area contributed by atoms with Crippen molar-refractivity contribution >= 4 is 55.8 Å². The number of rotatable bonds is 11. The number of aliphatic hydroxyl groups is 1. The molecule has 18 heteroatoms. The zero-order valence-corrected chi connectivity index (χ0v) is 43.4. The van der Waals surface area contributed by atoms with Gasteiger partial charge in [0, 0.05) is 78.8 Å². The Morgan fingerprint density at radius 2 is 1.04 bits per heavy atom. The number of ether oxygens (including phenoxy) is 1. The molecule has 16 nitrogen and oxygen atoms in total. The number of hydrogen-bond acceptors (Lipinski definition) is 13. The monoisotopic (exact) mass is 1030 g/mol. The average Bonchev–Trinajstić information content (AvgIpc) is 4.17. The number of nitrogens with zero attached hydrogens (tertiary/aromatic N) is 9. The van der Waals surface area contributed by atoms with Crippen LogP contribution in [0.5, 0.6) is 0 Å². The van der Waals surface area contributed by atoms with E-state index in [-0.39, 0.29) is 0 Å². The van der Waals surface area contributed by atoms with Gasteiger partial charge in [-0.2, -0.15) is 15.3 Å². The van der Waals surface area contributed by atoms with Gasteiger partial charge in [0.1, 0.15) is 27.3 Å². The number of halogens is 1. The minimum Gasteiger partial charge on any atom is -0.396 e. The quantitative estimate of drug-likeness (QED) is 0.0958. The van der Waals surface area contributed by atoms with Gasteiger partial charge < -0.3 is 25.8 Å². The van der Waals surface area contributed by atoms with E-state index in [1.165, 1.54) is 11.1 Å². The van der Waals surface area contributed by atoms with Crippen molar-refractivity contribution in [3.05, 3.63) is 144 Å². The summed E-state index contributed by atoms with van der Waals surface area (Å²) in [6.45, 7) is 6.83. The fourth-order valence-corrected chi connectivity index (χ4v) is 11.7. The molecule has 9 aromatic rings. The van der Waals surface area contributed by atoms with E-state index in [0.29, 0.717) is 47.1 Å². The van der Waals surface area contributed by atoms with Gasteiger partial charge in [-0.1, -0.05) is 83.4 Å². The molecule has 3 aromatic carbocycles. The number of fused-ring (bicyclic) bond motifs is 3. The van der Waals surface area contributed by atoms with Crippen LogP contribution in [0, 0.1) is 25.7 Å². The number of aryl methyl sites for hydroxylation is 2. The molecule has 6 aromatic heterocycles. The smallest absolute Gasteiger partial charge is 0.165 e. The first-order valence-corrected chi connectivity index (χ1v) is 27.8. The molecular weight excluding hydrogens is 972 g/mol. The highest BCUT2D eigenvalue weighted by atomic mass is 35.5. The molecule has 384 valence electrons. The molecule has 0 amide bonds. The van der Waals surface area contributed by atoms with Crippen LogP contribution in [0.15, 0.2) is 128 Å². The van der Waals surface area contributed by atoms with Crippen molar-refractivity contribution in [3.8, 4) is 33.4 Å². The van der Waals surface area contributed by atoms with Gasteiger partial charge >= 0.3 is 0 Å². The van der Waals surface area contributed by atoms with E-state index in [2.05, 4.69) is 87.6 Å². The van der Waals surface area contributed by atoms with Crippen LogP contribution in [0.25, 0.3) is 50.3 Å². The van der Waals surface area contributed by atoms with Crippen LogP contribution in [0.2, 0.25) is 5.02 Å². The van der Waals surface area contributed by atoms with E-state index in [4.69, 9.17) is 31.3 Å². The average molecular weight is 1040 g/mol. The van der Waals surface area contributed by atoms with E-state index in [0.717, 1.165) is 139 Å². The Morgan fingerprint density at radius 3 is 1.53 bits per heavy atom. The summed E-state index contributed by atoms with van der Waals surface area (Å²) in [6.07, 6.45) is 19.1. The summed E-state index contributed by atoms with van der Waals surface area (Å²) in [4.78, 5) is 14.3. The van der Waals surface area contributed by atoms with Gasteiger partial charge in [-0.25, -0.2) is 36.9 Å². The zero-order valence-electron chi connectivity index (χ0n) is 41.8. The Bertz CT molecular complexity index is 3440. The minimum atomic E-state index is -2.81. The minimum absolute atomic E-state index is 0.298. The summed E-state index contributed by atoms with van der Waals surface area (Å²) in [5.74, 6) is 3.99. The fourth-order valence-electron chi connectivity index (χ4n) is 9.90. The number of nitrogens with one attached hydrogen (secondary N) is 3. The van der Waals surface area contributed by atoms with Gasteiger partial charge in [0.05, 0.1) is 30.1 Å². The third-order valence-electron chi connectivity index (χ3n) is 14.2. The second kappa shape index (κ2) is 23.1. The number of sulfone groups is 1. The normalized spacial score (nSPS) is 18.1. The van der Waals surface area contributed by atoms with Crippen molar-refractivity contribution in [2.45, 2.75) is 77.3 Å². The molecular formula is C56H63ClN12O4S. The second-order valence-corrected chi connectivity index (χ2v) is 22.5. The molecule has 74 heavy (non-hydrogen) atoms. The maximum absolute atomic E-state index is 11.5. The molecule has 0 bridgehead atoms. The third-order valence-corrected chi connectivity index (χ3v) is 16.1. The van der Waals surface area contributed by atoms with E-state index in [1.54, 1.807) is 9.03 Å². The van der Waals surface area contributed by atoms with Crippen LogP contribution >= 0.6 is 11.6 Å². The zero-order chi connectivity index (χ0) is 51.0. The molecule has 0 unspecified atom stereocenters. The predicted octanol–water partition coefficient (Wildman–Crippen LogP) is 10.2. The first kappa shape index (κ1) is 50.6. The van der Waals surface area contributed by atoms with Gasteiger partial charge in [0.2, 0.25) is 0 Å². The number of benzene rings is 3. The Balaban J connectivity index is 0.000000127. The van der Waals surface area contributed by atoms with Crippen LogP contribution in [0.1, 0.15) is 62.5 Å². The number of aliphatic hydroxyl groups excluding tert-OH is 1. The van der Waals surface area contributed by atoms with E-state index < -0.39 is 9.84 Å². The molecule has 0 spiro atoms. The fraction of sp³-hybridized carbons (Fsp3) is 0.357. The molecule has 3 aliphatic rings. The molecule has 8 heterocycles. The van der Waals surface area contributed by atoms with E-state index in [9.17, 15) is 13.5 Å². The van der Waals surface area contributed by atoms with Crippen LogP contribution in [-0.2, 0) is 14.6 Å². The number of hydrogen-bond donors (Lipinski definition) is 4. The second-order valence-electron chi connectivity index (χ2n) is 19.7. The maximum Gasteiger partial charge on any atom is 0.165 e. The molecule has 2 aliphatic heterocycles. The summed E-state index contributed by atoms with van der Waals surface area (Å²) in [6, 6.07) is 31.2. The summed E-state index contributed by atoms with van der Waals surface area (Å²) < 4.78 is 33.9. The topological polar surface area (TPSA) is 190 Å². The molecule has 2 saturated heterocycles. The summed E-state index contributed by atoms with van der Waals surface area (Å²) >= 11 is 6.10. The lowest BCUT2D eigenvalue weighted by molar-refractivity contribution is 0.0904. The molecule has 1 saturated carbocycles. The lowest BCUT2D eigenvalue weighted by atomic mass is 9.86. The van der Waals surface area contributed by atoms with E-state index in [1.807, 2.05) is 90.2 Å². The van der Waals surface area contributed by atoms with Gasteiger partial charge in [0.25, 0.3) is 0 Å². The summed E-state index contributed by atoms with van der Waals surface area (Å²) in [5, 5.41) is 33.6. The summed E-state index contributed by atoms with van der Waals surface area (Å²) in [5.41, 5.74) is 11.2. The molecule has 12 rings (SSSR count).